The molecule has 164 valence electrons. The molecule has 4 rings (SSSR count). The molecule has 1 aromatic carbocycles. The van der Waals surface area contributed by atoms with Gasteiger partial charge in [-0.15, -0.1) is 0 Å². The number of benzene rings is 1. The van der Waals surface area contributed by atoms with Crippen LogP contribution in [0.1, 0.15) is 11.4 Å². The SMILES string of the molecule is Cc1nn(CC(=O)N2CC(C(=O)N3CCOCC3)Oc3ccccc32)c(C)c1[N+](=O)[O-]. The first-order chi connectivity index (χ1) is 14.9. The molecule has 2 aromatic rings. The lowest BCUT2D eigenvalue weighted by Gasteiger charge is -2.37. The quantitative estimate of drug-likeness (QED) is 0.526. The van der Waals surface area contributed by atoms with E-state index < -0.39 is 11.0 Å². The molecule has 2 aliphatic heterocycles. The van der Waals surface area contributed by atoms with Crippen LogP contribution in [0.5, 0.6) is 5.75 Å². The molecule has 31 heavy (non-hydrogen) atoms. The number of nitro groups is 1. The maximum atomic E-state index is 13.2. The van der Waals surface area contributed by atoms with Gasteiger partial charge in [0.1, 0.15) is 23.7 Å². The summed E-state index contributed by atoms with van der Waals surface area (Å²) in [5.74, 6) is -0.0959. The van der Waals surface area contributed by atoms with E-state index in [0.717, 1.165) is 0 Å². The third kappa shape index (κ3) is 3.96. The van der Waals surface area contributed by atoms with Crippen LogP contribution in [0.2, 0.25) is 0 Å². The number of para-hydroxylation sites is 2. The van der Waals surface area contributed by atoms with Crippen LogP contribution in [-0.2, 0) is 20.9 Å². The highest BCUT2D eigenvalue weighted by Crippen LogP contribution is 2.34. The number of fused-ring (bicyclic) bond motifs is 1. The molecule has 2 amide bonds. The number of rotatable bonds is 4. The zero-order chi connectivity index (χ0) is 22.1. The van der Waals surface area contributed by atoms with E-state index in [2.05, 4.69) is 5.10 Å². The van der Waals surface area contributed by atoms with Gasteiger partial charge in [-0.2, -0.15) is 5.10 Å². The van der Waals surface area contributed by atoms with E-state index in [9.17, 15) is 19.7 Å². The Bertz CT molecular complexity index is 1030. The summed E-state index contributed by atoms with van der Waals surface area (Å²) in [4.78, 5) is 40.1. The predicted octanol–water partition coefficient (Wildman–Crippen LogP) is 1.06. The van der Waals surface area contributed by atoms with Gasteiger partial charge >= 0.3 is 5.69 Å². The minimum atomic E-state index is -0.841. The highest BCUT2D eigenvalue weighted by molar-refractivity contribution is 5.97. The third-order valence-corrected chi connectivity index (χ3v) is 5.48. The normalized spacial score (nSPS) is 18.3. The Morgan fingerprint density at radius 2 is 1.94 bits per heavy atom. The molecule has 0 radical (unpaired) electrons. The Balaban J connectivity index is 1.59. The first kappa shape index (κ1) is 20.8. The fraction of sp³-hybridized carbons (Fsp3) is 0.450. The summed E-state index contributed by atoms with van der Waals surface area (Å²) >= 11 is 0. The topological polar surface area (TPSA) is 120 Å². The summed E-state index contributed by atoms with van der Waals surface area (Å²) in [5, 5.41) is 15.4. The first-order valence-corrected chi connectivity index (χ1v) is 9.97. The predicted molar refractivity (Wildman–Crippen MR) is 109 cm³/mol. The maximum absolute atomic E-state index is 13.2. The van der Waals surface area contributed by atoms with Gasteiger partial charge in [-0.1, -0.05) is 12.1 Å². The molecular formula is C20H23N5O6. The smallest absolute Gasteiger partial charge is 0.312 e. The van der Waals surface area contributed by atoms with Crippen LogP contribution >= 0.6 is 0 Å². The number of aromatic nitrogens is 2. The van der Waals surface area contributed by atoms with Gasteiger partial charge in [0.15, 0.2) is 6.10 Å². The van der Waals surface area contributed by atoms with E-state index in [-0.39, 0.29) is 36.3 Å². The first-order valence-electron chi connectivity index (χ1n) is 9.97. The number of ether oxygens (including phenoxy) is 2. The Kier molecular flexibility index (Phi) is 5.59. The molecule has 1 fully saturated rings. The van der Waals surface area contributed by atoms with Crippen LogP contribution in [0.3, 0.4) is 0 Å². The van der Waals surface area contributed by atoms with Gasteiger partial charge in [0, 0.05) is 13.1 Å². The second kappa shape index (κ2) is 8.34. The fourth-order valence-electron chi connectivity index (χ4n) is 3.91. The van der Waals surface area contributed by atoms with Gasteiger partial charge in [0.25, 0.3) is 5.91 Å². The van der Waals surface area contributed by atoms with Gasteiger partial charge in [-0.25, -0.2) is 0 Å². The Morgan fingerprint density at radius 3 is 2.61 bits per heavy atom. The molecule has 1 atom stereocenters. The van der Waals surface area contributed by atoms with Gasteiger partial charge in [-0.05, 0) is 26.0 Å². The van der Waals surface area contributed by atoms with E-state index in [4.69, 9.17) is 9.47 Å². The van der Waals surface area contributed by atoms with Crippen molar-refractivity contribution in [2.45, 2.75) is 26.5 Å². The number of carbonyl (C=O) groups excluding carboxylic acids is 2. The Labute approximate surface area is 178 Å². The van der Waals surface area contributed by atoms with Crippen molar-refractivity contribution in [3.05, 3.63) is 45.8 Å². The summed E-state index contributed by atoms with van der Waals surface area (Å²) in [6.07, 6.45) is -0.841. The monoisotopic (exact) mass is 429 g/mol. The van der Waals surface area contributed by atoms with E-state index >= 15 is 0 Å². The molecule has 0 saturated carbocycles. The zero-order valence-corrected chi connectivity index (χ0v) is 17.3. The van der Waals surface area contributed by atoms with Gasteiger partial charge in [-0.3, -0.25) is 24.4 Å². The van der Waals surface area contributed by atoms with Crippen LogP contribution in [0.25, 0.3) is 0 Å². The van der Waals surface area contributed by atoms with Crippen molar-refractivity contribution in [1.29, 1.82) is 0 Å². The van der Waals surface area contributed by atoms with Crippen molar-refractivity contribution >= 4 is 23.2 Å². The van der Waals surface area contributed by atoms with Crippen molar-refractivity contribution < 1.29 is 24.0 Å². The standard InChI is InChI=1S/C20H23N5O6/c1-13-19(25(28)29)14(2)24(21-13)12-18(26)23-11-17(20(27)22-7-9-30-10-8-22)31-16-6-4-3-5-15(16)23/h3-6,17H,7-12H2,1-2H3. The van der Waals surface area contributed by atoms with Gasteiger partial charge in [0.2, 0.25) is 5.91 Å². The number of amides is 2. The summed E-state index contributed by atoms with van der Waals surface area (Å²) in [5.41, 5.74) is 1.00. The molecule has 1 saturated heterocycles. The molecule has 3 heterocycles. The molecule has 0 spiro atoms. The highest BCUT2D eigenvalue weighted by Gasteiger charge is 2.37. The molecule has 0 aliphatic carbocycles. The van der Waals surface area contributed by atoms with Crippen molar-refractivity contribution in [3.63, 3.8) is 0 Å². The minimum Gasteiger partial charge on any atom is -0.476 e. The second-order valence-corrected chi connectivity index (χ2v) is 7.45. The number of nitrogens with zero attached hydrogens (tertiary/aromatic N) is 5. The van der Waals surface area contributed by atoms with Crippen molar-refractivity contribution in [1.82, 2.24) is 14.7 Å². The number of morpholine rings is 1. The average Bonchev–Trinajstić information content (AvgIpc) is 3.05. The van der Waals surface area contributed by atoms with Crippen molar-refractivity contribution in [3.8, 4) is 5.75 Å². The Hall–Kier alpha value is -3.47. The van der Waals surface area contributed by atoms with E-state index in [1.807, 2.05) is 0 Å². The molecule has 11 nitrogen and oxygen atoms in total. The lowest BCUT2D eigenvalue weighted by Crippen LogP contribution is -2.54. The molecule has 0 bridgehead atoms. The fourth-order valence-corrected chi connectivity index (χ4v) is 3.91. The Morgan fingerprint density at radius 1 is 1.23 bits per heavy atom. The molecule has 1 unspecified atom stereocenters. The summed E-state index contributed by atoms with van der Waals surface area (Å²) < 4.78 is 12.5. The summed E-state index contributed by atoms with van der Waals surface area (Å²) in [7, 11) is 0. The lowest BCUT2D eigenvalue weighted by atomic mass is 10.1. The summed E-state index contributed by atoms with van der Waals surface area (Å²) in [6, 6.07) is 7.00. The number of carbonyl (C=O) groups is 2. The van der Waals surface area contributed by atoms with E-state index in [0.29, 0.717) is 43.4 Å². The van der Waals surface area contributed by atoms with E-state index in [1.165, 1.54) is 16.5 Å². The van der Waals surface area contributed by atoms with Gasteiger partial charge in [0.05, 0.1) is 30.4 Å². The number of aryl methyl sites for hydroxylation is 1. The van der Waals surface area contributed by atoms with Crippen LogP contribution in [0.15, 0.2) is 24.3 Å². The van der Waals surface area contributed by atoms with Crippen LogP contribution in [0, 0.1) is 24.0 Å². The van der Waals surface area contributed by atoms with Crippen LogP contribution < -0.4 is 9.64 Å². The molecule has 1 aromatic heterocycles. The number of anilines is 1. The maximum Gasteiger partial charge on any atom is 0.312 e. The largest absolute Gasteiger partial charge is 0.476 e. The van der Waals surface area contributed by atoms with Gasteiger partial charge < -0.3 is 19.3 Å². The number of hydrogen-bond donors (Lipinski definition) is 0. The second-order valence-electron chi connectivity index (χ2n) is 7.45. The molecule has 11 heteroatoms. The van der Waals surface area contributed by atoms with Crippen molar-refractivity contribution in [2.75, 3.05) is 37.7 Å². The highest BCUT2D eigenvalue weighted by atomic mass is 16.6. The average molecular weight is 429 g/mol. The van der Waals surface area contributed by atoms with E-state index in [1.54, 1.807) is 36.1 Å². The minimum absolute atomic E-state index is 0.0490. The van der Waals surface area contributed by atoms with Crippen molar-refractivity contribution in [2.24, 2.45) is 0 Å². The molecule has 0 N–H and O–H groups in total. The zero-order valence-electron chi connectivity index (χ0n) is 17.3. The summed E-state index contributed by atoms with van der Waals surface area (Å²) in [6.45, 7) is 4.84. The lowest BCUT2D eigenvalue weighted by molar-refractivity contribution is -0.386. The number of hydrogen-bond acceptors (Lipinski definition) is 7. The molecule has 2 aliphatic rings. The van der Waals surface area contributed by atoms with Crippen LogP contribution in [0.4, 0.5) is 11.4 Å². The molecular weight excluding hydrogens is 406 g/mol. The van der Waals surface area contributed by atoms with Crippen LogP contribution in [-0.4, -0.2) is 70.4 Å². The third-order valence-electron chi connectivity index (χ3n) is 5.48.